The second-order valence-corrected chi connectivity index (χ2v) is 4.71. The van der Waals surface area contributed by atoms with Crippen molar-refractivity contribution in [1.29, 1.82) is 0 Å². The number of hydrogen-bond donors (Lipinski definition) is 0. The summed E-state index contributed by atoms with van der Waals surface area (Å²) in [5.74, 6) is 0. The predicted octanol–water partition coefficient (Wildman–Crippen LogP) is 6.64. The van der Waals surface area contributed by atoms with Crippen molar-refractivity contribution in [2.45, 2.75) is 61.8 Å². The average Bonchev–Trinajstić information content (AvgIpc) is 2.40. The van der Waals surface area contributed by atoms with Gasteiger partial charge in [-0.3, -0.25) is 0 Å². The summed E-state index contributed by atoms with van der Waals surface area (Å²) in [7, 11) is 1.14. The van der Waals surface area contributed by atoms with Crippen molar-refractivity contribution in [1.82, 2.24) is 0 Å². The number of rotatable bonds is 4. The summed E-state index contributed by atoms with van der Waals surface area (Å²) in [6.07, 6.45) is 5.18. The molecule has 0 bridgehead atoms. The summed E-state index contributed by atoms with van der Waals surface area (Å²) in [4.78, 5) is 0. The van der Waals surface area contributed by atoms with Crippen LogP contribution in [0.2, 0.25) is 0 Å². The highest BCUT2D eigenvalue weighted by atomic mass is 31.1. The summed E-state index contributed by atoms with van der Waals surface area (Å²) in [5, 5.41) is 0. The number of unbranched alkanes of at least 4 members (excludes halogenated alkanes) is 1. The van der Waals surface area contributed by atoms with Crippen molar-refractivity contribution < 1.29 is 0 Å². The lowest BCUT2D eigenvalue weighted by molar-refractivity contribution is 0.795. The van der Waals surface area contributed by atoms with E-state index in [0.29, 0.717) is 0 Å². The van der Waals surface area contributed by atoms with E-state index < -0.39 is 0 Å². The highest BCUT2D eigenvalue weighted by molar-refractivity contribution is 7.36. The minimum Gasteiger partial charge on any atom is -0.126 e. The molecule has 1 atom stereocenters. The zero-order chi connectivity index (χ0) is 12.6. The normalized spacial score (nSPS) is 8.06. The molecule has 0 aliphatic carbocycles. The molecule has 0 N–H and O–H groups in total. The molecule has 0 saturated carbocycles. The van der Waals surface area contributed by atoms with Gasteiger partial charge in [-0.2, -0.15) is 0 Å². The standard InChI is InChI=1S/C10H14.C3H9P.C2H6.2CH4/c1-2-3-7-10-8-5-4-6-9-10;1-3-4-2;1-2;;/h4-6,8-9H,2-3,7H2,1H3;4H,3H2,1-2H3;1-2H3;2*1H4. The molecule has 1 aromatic rings. The van der Waals surface area contributed by atoms with Crippen LogP contribution in [0.15, 0.2) is 30.3 Å². The van der Waals surface area contributed by atoms with Crippen molar-refractivity contribution in [2.75, 3.05) is 12.8 Å². The third kappa shape index (κ3) is 21.0. The molecule has 1 unspecified atom stereocenters. The fourth-order valence-electron chi connectivity index (χ4n) is 1.03. The van der Waals surface area contributed by atoms with Crippen molar-refractivity contribution >= 4 is 8.58 Å². The molecule has 0 fully saturated rings. The van der Waals surface area contributed by atoms with Gasteiger partial charge < -0.3 is 0 Å². The van der Waals surface area contributed by atoms with Crippen LogP contribution < -0.4 is 0 Å². The average molecular weight is 272 g/mol. The number of hydrogen-bond acceptors (Lipinski definition) is 0. The Balaban J connectivity index is -0.000000107. The van der Waals surface area contributed by atoms with Gasteiger partial charge in [0.25, 0.3) is 0 Å². The van der Waals surface area contributed by atoms with E-state index in [2.05, 4.69) is 50.8 Å². The summed E-state index contributed by atoms with van der Waals surface area (Å²) in [6.45, 7) is 10.6. The van der Waals surface area contributed by atoms with Crippen LogP contribution in [0.3, 0.4) is 0 Å². The molecular formula is C17H37P. The molecular weight excluding hydrogens is 235 g/mol. The van der Waals surface area contributed by atoms with Gasteiger partial charge in [-0.15, -0.1) is 8.58 Å². The van der Waals surface area contributed by atoms with E-state index in [1.807, 2.05) is 13.8 Å². The molecule has 1 rings (SSSR count). The van der Waals surface area contributed by atoms with Crippen LogP contribution in [0.5, 0.6) is 0 Å². The first kappa shape index (κ1) is 26.3. The molecule has 0 amide bonds. The quantitative estimate of drug-likeness (QED) is 0.539. The Labute approximate surface area is 119 Å². The third-order valence-electron chi connectivity index (χ3n) is 2.02. The van der Waals surface area contributed by atoms with Gasteiger partial charge in [0, 0.05) is 0 Å². The molecule has 110 valence electrons. The van der Waals surface area contributed by atoms with Crippen LogP contribution in [0.25, 0.3) is 0 Å². The molecule has 0 spiro atoms. The second kappa shape index (κ2) is 25.5. The fraction of sp³-hybridized carbons (Fsp3) is 0.647. The van der Waals surface area contributed by atoms with Gasteiger partial charge in [0.1, 0.15) is 0 Å². The molecule has 0 saturated heterocycles. The topological polar surface area (TPSA) is 0 Å². The van der Waals surface area contributed by atoms with Gasteiger partial charge in [0.2, 0.25) is 0 Å². The fourth-order valence-corrected chi connectivity index (χ4v) is 1.03. The maximum Gasteiger partial charge on any atom is -0.0279 e. The van der Waals surface area contributed by atoms with Gasteiger partial charge in [-0.05, 0) is 31.2 Å². The van der Waals surface area contributed by atoms with Crippen LogP contribution in [0, 0.1) is 0 Å². The predicted molar refractivity (Wildman–Crippen MR) is 94.6 cm³/mol. The monoisotopic (exact) mass is 272 g/mol. The zero-order valence-electron chi connectivity index (χ0n) is 11.7. The van der Waals surface area contributed by atoms with E-state index in [0.717, 1.165) is 8.58 Å². The molecule has 0 heterocycles. The summed E-state index contributed by atoms with van der Waals surface area (Å²) < 4.78 is 0. The van der Waals surface area contributed by atoms with Crippen molar-refractivity contribution in [3.8, 4) is 0 Å². The van der Waals surface area contributed by atoms with E-state index in [9.17, 15) is 0 Å². The molecule has 18 heavy (non-hydrogen) atoms. The Kier molecular flexibility index (Phi) is 37.2. The Bertz CT molecular complexity index is 192. The van der Waals surface area contributed by atoms with E-state index in [-0.39, 0.29) is 14.9 Å². The van der Waals surface area contributed by atoms with Crippen LogP contribution in [0.4, 0.5) is 0 Å². The highest BCUT2D eigenvalue weighted by Gasteiger charge is 1.87. The van der Waals surface area contributed by atoms with Gasteiger partial charge in [0.15, 0.2) is 0 Å². The van der Waals surface area contributed by atoms with Gasteiger partial charge in [-0.1, -0.05) is 79.3 Å². The maximum absolute atomic E-state index is 2.23. The van der Waals surface area contributed by atoms with Crippen molar-refractivity contribution in [2.24, 2.45) is 0 Å². The first-order valence-corrected chi connectivity index (χ1v) is 8.24. The van der Waals surface area contributed by atoms with E-state index in [1.165, 1.54) is 31.0 Å². The summed E-state index contributed by atoms with van der Waals surface area (Å²) in [5.41, 5.74) is 1.46. The van der Waals surface area contributed by atoms with E-state index in [1.54, 1.807) is 0 Å². The van der Waals surface area contributed by atoms with Crippen molar-refractivity contribution in [3.63, 3.8) is 0 Å². The maximum atomic E-state index is 2.23. The van der Waals surface area contributed by atoms with E-state index >= 15 is 0 Å². The molecule has 0 aromatic heterocycles. The van der Waals surface area contributed by atoms with Crippen LogP contribution in [0.1, 0.15) is 61.0 Å². The molecule has 0 aliphatic rings. The largest absolute Gasteiger partial charge is 0.126 e. The Morgan fingerprint density at radius 2 is 1.39 bits per heavy atom. The van der Waals surface area contributed by atoms with Gasteiger partial charge in [0.05, 0.1) is 0 Å². The molecule has 1 aromatic carbocycles. The lowest BCUT2D eigenvalue weighted by Gasteiger charge is -1.96. The van der Waals surface area contributed by atoms with Gasteiger partial charge >= 0.3 is 0 Å². The zero-order valence-corrected chi connectivity index (χ0v) is 12.7. The third-order valence-corrected chi connectivity index (χ3v) is 2.72. The number of aryl methyl sites for hydroxylation is 1. The van der Waals surface area contributed by atoms with Gasteiger partial charge in [-0.25, -0.2) is 0 Å². The highest BCUT2D eigenvalue weighted by Crippen LogP contribution is 2.03. The van der Waals surface area contributed by atoms with Crippen LogP contribution in [-0.4, -0.2) is 12.8 Å². The summed E-state index contributed by atoms with van der Waals surface area (Å²) in [6, 6.07) is 10.6. The number of benzene rings is 1. The Hall–Kier alpha value is -0.350. The SMILES string of the molecule is C.C.CC.CCCCc1ccccc1.CCPC. The lowest BCUT2D eigenvalue weighted by atomic mass is 10.1. The molecule has 0 radical (unpaired) electrons. The van der Waals surface area contributed by atoms with Crippen LogP contribution in [-0.2, 0) is 6.42 Å². The van der Waals surface area contributed by atoms with E-state index in [4.69, 9.17) is 0 Å². The summed E-state index contributed by atoms with van der Waals surface area (Å²) >= 11 is 0. The lowest BCUT2D eigenvalue weighted by Crippen LogP contribution is -1.81. The Morgan fingerprint density at radius 3 is 1.72 bits per heavy atom. The Morgan fingerprint density at radius 1 is 0.944 bits per heavy atom. The molecule has 0 nitrogen and oxygen atoms in total. The first-order valence-electron chi connectivity index (χ1n) is 6.53. The van der Waals surface area contributed by atoms with Crippen LogP contribution >= 0.6 is 8.58 Å². The molecule has 1 heteroatoms. The minimum atomic E-state index is 0. The molecule has 0 aliphatic heterocycles. The van der Waals surface area contributed by atoms with Crippen molar-refractivity contribution in [3.05, 3.63) is 35.9 Å². The first-order chi connectivity index (χ1) is 7.85. The minimum absolute atomic E-state index is 0. The second-order valence-electron chi connectivity index (χ2n) is 3.30. The smallest absolute Gasteiger partial charge is 0.0279 e.